The molecule has 1 heterocycles. The lowest BCUT2D eigenvalue weighted by Crippen LogP contribution is -2.24. The van der Waals surface area contributed by atoms with Gasteiger partial charge >= 0.3 is 0 Å². The van der Waals surface area contributed by atoms with Gasteiger partial charge < -0.3 is 0 Å². The fraction of sp³-hybridized carbons (Fsp3) is 0.500. The van der Waals surface area contributed by atoms with Gasteiger partial charge in [0.15, 0.2) is 5.12 Å². The van der Waals surface area contributed by atoms with Crippen LogP contribution < -0.4 is 0 Å². The maximum atomic E-state index is 10.2. The molecule has 1 N–H and O–H groups in total. The number of imide groups is 1. The minimum atomic E-state index is -0.505. The van der Waals surface area contributed by atoms with Crippen LogP contribution in [0.2, 0.25) is 0 Å². The molecule has 12 heavy (non-hydrogen) atoms. The Morgan fingerprint density at radius 1 is 1.42 bits per heavy atom. The largest absolute Gasteiger partial charge is 0.288 e. The van der Waals surface area contributed by atoms with Crippen LogP contribution in [0.25, 0.3) is 0 Å². The lowest BCUT2D eigenvalue weighted by atomic mass is 10.4. The van der Waals surface area contributed by atoms with Crippen LogP contribution >= 0.6 is 12.6 Å². The van der Waals surface area contributed by atoms with Crippen LogP contribution in [0.5, 0.6) is 0 Å². The molecule has 0 atom stereocenters. The van der Waals surface area contributed by atoms with Crippen LogP contribution in [0.15, 0.2) is 0 Å². The lowest BCUT2D eigenvalue weighted by Gasteiger charge is -1.98. The number of thiol groups is 1. The van der Waals surface area contributed by atoms with Gasteiger partial charge in [0, 0.05) is 19.8 Å². The minimum Gasteiger partial charge on any atom is -0.288 e. The molecule has 0 radical (unpaired) electrons. The van der Waals surface area contributed by atoms with E-state index in [1.54, 1.807) is 0 Å². The average Bonchev–Trinajstić information content (AvgIpc) is 2.19. The van der Waals surface area contributed by atoms with Gasteiger partial charge in [-0.1, -0.05) is 0 Å². The summed E-state index contributed by atoms with van der Waals surface area (Å²) in [6.07, 6.45) is 0.296. The molecule has 68 valence electrons. The molecule has 0 saturated carbocycles. The Bertz CT molecular complexity index is 196. The topological polar surface area (TPSA) is 74.7 Å². The van der Waals surface area contributed by atoms with E-state index < -0.39 is 11.8 Å². The van der Waals surface area contributed by atoms with E-state index in [-0.39, 0.29) is 23.0 Å². The highest BCUT2D eigenvalue weighted by atomic mass is 32.1. The molecule has 0 aliphatic carbocycles. The first kappa shape index (κ1) is 11.1. The highest BCUT2D eigenvalue weighted by Crippen LogP contribution is 2.06. The molecule has 0 aromatic rings. The molecule has 0 bridgehead atoms. The zero-order valence-corrected chi connectivity index (χ0v) is 7.38. The summed E-state index contributed by atoms with van der Waals surface area (Å²) in [5.41, 5.74) is 0. The number of rotatable bonds is 0. The Labute approximate surface area is 74.7 Å². The molecule has 5 nitrogen and oxygen atoms in total. The Hall–Kier alpha value is -0.880. The van der Waals surface area contributed by atoms with Gasteiger partial charge in [0.2, 0.25) is 0 Å². The second-order valence-electron chi connectivity index (χ2n) is 2.12. The van der Waals surface area contributed by atoms with Crippen LogP contribution in [0, 0.1) is 0 Å². The molecule has 0 spiro atoms. The van der Waals surface area contributed by atoms with E-state index in [9.17, 15) is 14.4 Å². The van der Waals surface area contributed by atoms with Crippen molar-refractivity contribution >= 4 is 29.6 Å². The zero-order chi connectivity index (χ0) is 9.72. The molecule has 1 aliphatic rings. The van der Waals surface area contributed by atoms with Gasteiger partial charge in [-0.3, -0.25) is 19.6 Å². The van der Waals surface area contributed by atoms with Crippen molar-refractivity contribution in [2.24, 2.45) is 0 Å². The van der Waals surface area contributed by atoms with Crippen molar-refractivity contribution in [3.8, 4) is 0 Å². The van der Waals surface area contributed by atoms with Crippen LogP contribution in [0.3, 0.4) is 0 Å². The molecule has 1 fully saturated rings. The molecular formula is C6H9NO4S. The maximum Gasteiger partial charge on any atom is 0.253 e. The van der Waals surface area contributed by atoms with E-state index in [1.165, 1.54) is 6.92 Å². The van der Waals surface area contributed by atoms with E-state index in [2.05, 4.69) is 12.6 Å². The lowest BCUT2D eigenvalue weighted by molar-refractivity contribution is -0.171. The number of nitrogens with zero attached hydrogens (tertiary/aromatic N) is 1. The van der Waals surface area contributed by atoms with Crippen LogP contribution in [-0.4, -0.2) is 27.2 Å². The summed E-state index contributed by atoms with van der Waals surface area (Å²) in [6.45, 7) is 1.39. The van der Waals surface area contributed by atoms with Crippen molar-refractivity contribution in [2.75, 3.05) is 0 Å². The molecule has 0 aromatic heterocycles. The predicted molar refractivity (Wildman–Crippen MR) is 42.5 cm³/mol. The summed E-state index contributed by atoms with van der Waals surface area (Å²) in [4.78, 5) is 29.8. The first-order valence-corrected chi connectivity index (χ1v) is 3.64. The van der Waals surface area contributed by atoms with E-state index in [4.69, 9.17) is 5.21 Å². The SMILES string of the molecule is CC(=O)S.O=C1CCC(=O)N1O. The molecule has 2 amide bonds. The van der Waals surface area contributed by atoms with Gasteiger partial charge in [-0.15, -0.1) is 12.6 Å². The number of hydroxylamine groups is 2. The van der Waals surface area contributed by atoms with Gasteiger partial charge in [0.05, 0.1) is 0 Å². The number of carbonyl (C=O) groups excluding carboxylic acids is 3. The summed E-state index contributed by atoms with van der Waals surface area (Å²) in [5, 5.41) is 8.43. The highest BCUT2D eigenvalue weighted by Gasteiger charge is 2.26. The average molecular weight is 191 g/mol. The first-order chi connectivity index (χ1) is 5.45. The quantitative estimate of drug-likeness (QED) is 0.321. The van der Waals surface area contributed by atoms with Crippen molar-refractivity contribution in [1.29, 1.82) is 0 Å². The molecule has 1 aliphatic heterocycles. The van der Waals surface area contributed by atoms with Crippen LogP contribution in [-0.2, 0) is 14.4 Å². The first-order valence-electron chi connectivity index (χ1n) is 3.19. The predicted octanol–water partition coefficient (Wildman–Crippen LogP) is -0.0127. The number of hydrogen-bond acceptors (Lipinski definition) is 4. The summed E-state index contributed by atoms with van der Waals surface area (Å²) in [7, 11) is 0. The third-order valence-corrected chi connectivity index (χ3v) is 1.03. The standard InChI is InChI=1S/C4H5NO3.C2H4OS/c6-3-1-2-4(7)5(3)8;1-2(3)4/h8H,1-2H2;1H3,(H,3,4). The van der Waals surface area contributed by atoms with Crippen molar-refractivity contribution in [1.82, 2.24) is 5.06 Å². The minimum absolute atomic E-state index is 0.139. The van der Waals surface area contributed by atoms with Crippen molar-refractivity contribution < 1.29 is 19.6 Å². The molecule has 0 aromatic carbocycles. The summed E-state index contributed by atoms with van der Waals surface area (Å²) >= 11 is 3.33. The summed E-state index contributed by atoms with van der Waals surface area (Å²) < 4.78 is 0. The van der Waals surface area contributed by atoms with Crippen LogP contribution in [0.4, 0.5) is 0 Å². The summed E-state index contributed by atoms with van der Waals surface area (Å²) in [5.74, 6) is -1.01. The Kier molecular flexibility index (Phi) is 4.53. The van der Waals surface area contributed by atoms with Crippen LogP contribution in [0.1, 0.15) is 19.8 Å². The molecule has 1 saturated heterocycles. The Balaban J connectivity index is 0.000000261. The number of amides is 2. The molecule has 0 unspecified atom stereocenters. The fourth-order valence-electron chi connectivity index (χ4n) is 0.565. The van der Waals surface area contributed by atoms with Crippen molar-refractivity contribution in [3.05, 3.63) is 0 Å². The number of hydrogen-bond donors (Lipinski definition) is 2. The second kappa shape index (κ2) is 4.89. The van der Waals surface area contributed by atoms with Gasteiger partial charge in [0.1, 0.15) is 0 Å². The van der Waals surface area contributed by atoms with Crippen molar-refractivity contribution in [2.45, 2.75) is 19.8 Å². The highest BCUT2D eigenvalue weighted by molar-refractivity contribution is 7.96. The van der Waals surface area contributed by atoms with Gasteiger partial charge in [-0.2, -0.15) is 5.06 Å². The summed E-state index contributed by atoms with van der Waals surface area (Å²) in [6, 6.07) is 0. The van der Waals surface area contributed by atoms with Gasteiger partial charge in [0.25, 0.3) is 11.8 Å². The Morgan fingerprint density at radius 3 is 1.75 bits per heavy atom. The van der Waals surface area contributed by atoms with Gasteiger partial charge in [-0.05, 0) is 0 Å². The molecular weight excluding hydrogens is 182 g/mol. The Morgan fingerprint density at radius 2 is 1.67 bits per heavy atom. The smallest absolute Gasteiger partial charge is 0.253 e. The molecule has 1 rings (SSSR count). The second-order valence-corrected chi connectivity index (χ2v) is 2.75. The fourth-order valence-corrected chi connectivity index (χ4v) is 0.565. The monoisotopic (exact) mass is 191 g/mol. The third-order valence-electron chi connectivity index (χ3n) is 1.03. The normalized spacial score (nSPS) is 15.8. The van der Waals surface area contributed by atoms with E-state index in [0.29, 0.717) is 0 Å². The third kappa shape index (κ3) is 4.09. The zero-order valence-electron chi connectivity index (χ0n) is 6.48. The van der Waals surface area contributed by atoms with E-state index >= 15 is 0 Å². The van der Waals surface area contributed by atoms with Gasteiger partial charge in [-0.25, -0.2) is 0 Å². The number of carbonyl (C=O) groups is 3. The maximum absolute atomic E-state index is 10.2. The van der Waals surface area contributed by atoms with Crippen molar-refractivity contribution in [3.63, 3.8) is 0 Å². The van der Waals surface area contributed by atoms with E-state index in [0.717, 1.165) is 0 Å². The van der Waals surface area contributed by atoms with E-state index in [1.807, 2.05) is 0 Å². The molecule has 6 heteroatoms.